The van der Waals surface area contributed by atoms with Gasteiger partial charge in [0.25, 0.3) is 11.8 Å². The van der Waals surface area contributed by atoms with Crippen LogP contribution in [0.4, 0.5) is 24.5 Å². The summed E-state index contributed by atoms with van der Waals surface area (Å²) in [6.07, 6.45) is -2.21. The number of rotatable bonds is 7. The van der Waals surface area contributed by atoms with Gasteiger partial charge in [-0.1, -0.05) is 18.2 Å². The number of carbonyl (C=O) groups is 2. The van der Waals surface area contributed by atoms with Crippen LogP contribution in [0.2, 0.25) is 0 Å². The summed E-state index contributed by atoms with van der Waals surface area (Å²) in [4.78, 5) is 32.2. The Hall–Kier alpha value is -4.08. The molecule has 1 aromatic heterocycles. The molecule has 1 fully saturated rings. The summed E-state index contributed by atoms with van der Waals surface area (Å²) in [5.41, 5.74) is 1.06. The van der Waals surface area contributed by atoms with Crippen molar-refractivity contribution in [2.75, 3.05) is 44.0 Å². The van der Waals surface area contributed by atoms with E-state index in [9.17, 15) is 22.8 Å². The highest BCUT2D eigenvalue weighted by molar-refractivity contribution is 5.94. The number of pyridine rings is 1. The molecule has 1 saturated heterocycles. The van der Waals surface area contributed by atoms with Crippen LogP contribution >= 0.6 is 0 Å². The fourth-order valence-electron chi connectivity index (χ4n) is 4.41. The van der Waals surface area contributed by atoms with Crippen molar-refractivity contribution in [1.29, 1.82) is 0 Å². The van der Waals surface area contributed by atoms with Gasteiger partial charge in [-0.3, -0.25) is 14.6 Å². The molecule has 0 saturated carbocycles. The standard InChI is InChI=1S/C28H29F3N4O3/c1-34(2)22-5-3-6-23(17-22)38-18-25(36)33-21-10-8-19(9-11-21)20-12-15-35(16-13-20)27(37)26-24(28(29,30)31)7-4-14-32-26/h3-11,14,17,20H,12-13,15-16,18H2,1-2H3,(H,33,36). The van der Waals surface area contributed by atoms with Gasteiger partial charge in [-0.15, -0.1) is 0 Å². The van der Waals surface area contributed by atoms with Crippen molar-refractivity contribution < 1.29 is 27.5 Å². The molecular formula is C28H29F3N4O3. The fraction of sp³-hybridized carbons (Fsp3) is 0.321. The normalized spacial score (nSPS) is 14.2. The number of hydrogen-bond acceptors (Lipinski definition) is 5. The van der Waals surface area contributed by atoms with Crippen LogP contribution in [0.3, 0.4) is 0 Å². The molecule has 2 aromatic carbocycles. The Labute approximate surface area is 219 Å². The van der Waals surface area contributed by atoms with E-state index >= 15 is 0 Å². The maximum atomic E-state index is 13.3. The van der Waals surface area contributed by atoms with Gasteiger partial charge in [-0.25, -0.2) is 0 Å². The molecule has 1 N–H and O–H groups in total. The van der Waals surface area contributed by atoms with Crippen LogP contribution in [-0.4, -0.2) is 55.5 Å². The number of ether oxygens (including phenoxy) is 1. The molecule has 0 atom stereocenters. The lowest BCUT2D eigenvalue weighted by Crippen LogP contribution is -2.39. The molecule has 0 unspecified atom stereocenters. The molecule has 0 radical (unpaired) electrons. The maximum Gasteiger partial charge on any atom is 0.418 e. The number of piperidine rings is 1. The van der Waals surface area contributed by atoms with Gasteiger partial charge in [0.05, 0.1) is 5.56 Å². The zero-order valence-corrected chi connectivity index (χ0v) is 21.2. The number of alkyl halides is 3. The van der Waals surface area contributed by atoms with Crippen LogP contribution in [0.25, 0.3) is 0 Å². The summed E-state index contributed by atoms with van der Waals surface area (Å²) in [5, 5.41) is 2.81. The molecule has 0 aliphatic carbocycles. The number of likely N-dealkylation sites (tertiary alicyclic amines) is 1. The smallest absolute Gasteiger partial charge is 0.418 e. The van der Waals surface area contributed by atoms with Gasteiger partial charge < -0.3 is 19.9 Å². The number of aromatic nitrogens is 1. The number of benzene rings is 2. The zero-order chi connectivity index (χ0) is 27.3. The Kier molecular flexibility index (Phi) is 8.19. The molecule has 38 heavy (non-hydrogen) atoms. The van der Waals surface area contributed by atoms with E-state index in [0.717, 1.165) is 17.3 Å². The molecule has 2 heterocycles. The van der Waals surface area contributed by atoms with Gasteiger partial charge in [0, 0.05) is 50.8 Å². The van der Waals surface area contributed by atoms with Crippen LogP contribution in [0.15, 0.2) is 66.9 Å². The maximum absolute atomic E-state index is 13.3. The molecule has 0 bridgehead atoms. The Morgan fingerprint density at radius 1 is 1.05 bits per heavy atom. The first-order valence-corrected chi connectivity index (χ1v) is 12.2. The second-order valence-corrected chi connectivity index (χ2v) is 9.31. The molecule has 3 aromatic rings. The summed E-state index contributed by atoms with van der Waals surface area (Å²) in [7, 11) is 3.85. The zero-order valence-electron chi connectivity index (χ0n) is 21.2. The number of amides is 2. The van der Waals surface area contributed by atoms with Crippen LogP contribution < -0.4 is 15.0 Å². The molecule has 1 aliphatic heterocycles. The number of carbonyl (C=O) groups excluding carboxylic acids is 2. The van der Waals surface area contributed by atoms with Crippen LogP contribution in [-0.2, 0) is 11.0 Å². The fourth-order valence-corrected chi connectivity index (χ4v) is 4.41. The lowest BCUT2D eigenvalue weighted by Gasteiger charge is -2.32. The molecule has 2 amide bonds. The summed E-state index contributed by atoms with van der Waals surface area (Å²) < 4.78 is 45.5. The Bertz CT molecular complexity index is 1270. The van der Waals surface area contributed by atoms with Crippen molar-refractivity contribution in [1.82, 2.24) is 9.88 Å². The average molecular weight is 527 g/mol. The van der Waals surface area contributed by atoms with E-state index in [2.05, 4.69) is 10.3 Å². The van der Waals surface area contributed by atoms with E-state index in [0.29, 0.717) is 37.4 Å². The highest BCUT2D eigenvalue weighted by Crippen LogP contribution is 2.33. The third-order valence-corrected chi connectivity index (χ3v) is 6.47. The Morgan fingerprint density at radius 2 is 1.76 bits per heavy atom. The lowest BCUT2D eigenvalue weighted by molar-refractivity contribution is -0.138. The van der Waals surface area contributed by atoms with E-state index in [1.54, 1.807) is 18.2 Å². The van der Waals surface area contributed by atoms with Gasteiger partial charge in [0.1, 0.15) is 11.4 Å². The largest absolute Gasteiger partial charge is 0.484 e. The number of nitrogens with one attached hydrogen (secondary N) is 1. The predicted octanol–water partition coefficient (Wildman–Crippen LogP) is 5.20. The van der Waals surface area contributed by atoms with Crippen LogP contribution in [0.5, 0.6) is 5.75 Å². The third-order valence-electron chi connectivity index (χ3n) is 6.47. The van der Waals surface area contributed by atoms with E-state index in [-0.39, 0.29) is 18.4 Å². The van der Waals surface area contributed by atoms with Gasteiger partial charge in [0.15, 0.2) is 6.61 Å². The van der Waals surface area contributed by atoms with Crippen molar-refractivity contribution >= 4 is 23.2 Å². The monoisotopic (exact) mass is 526 g/mol. The van der Waals surface area contributed by atoms with E-state index < -0.39 is 23.3 Å². The number of anilines is 2. The van der Waals surface area contributed by atoms with Crippen molar-refractivity contribution in [3.63, 3.8) is 0 Å². The number of halogens is 3. The number of nitrogens with zero attached hydrogens (tertiary/aromatic N) is 3. The average Bonchev–Trinajstić information content (AvgIpc) is 2.92. The highest BCUT2D eigenvalue weighted by atomic mass is 19.4. The molecule has 200 valence electrons. The van der Waals surface area contributed by atoms with Crippen molar-refractivity contribution in [3.05, 3.63) is 83.7 Å². The van der Waals surface area contributed by atoms with Gasteiger partial charge >= 0.3 is 6.18 Å². The van der Waals surface area contributed by atoms with Crippen molar-refractivity contribution in [2.24, 2.45) is 0 Å². The first kappa shape index (κ1) is 27.0. The molecule has 10 heteroatoms. The van der Waals surface area contributed by atoms with Crippen LogP contribution in [0, 0.1) is 0 Å². The summed E-state index contributed by atoms with van der Waals surface area (Å²) >= 11 is 0. The quantitative estimate of drug-likeness (QED) is 0.458. The van der Waals surface area contributed by atoms with Gasteiger partial charge in [-0.2, -0.15) is 13.2 Å². The summed E-state index contributed by atoms with van der Waals surface area (Å²) in [6, 6.07) is 16.9. The summed E-state index contributed by atoms with van der Waals surface area (Å²) in [6.45, 7) is 0.544. The summed E-state index contributed by atoms with van der Waals surface area (Å²) in [5.74, 6) is -0.233. The molecule has 4 rings (SSSR count). The molecular weight excluding hydrogens is 497 g/mol. The van der Waals surface area contributed by atoms with E-state index in [4.69, 9.17) is 4.74 Å². The topological polar surface area (TPSA) is 74.8 Å². The Balaban J connectivity index is 1.28. The minimum Gasteiger partial charge on any atom is -0.484 e. The SMILES string of the molecule is CN(C)c1cccc(OCC(=O)Nc2ccc(C3CCN(C(=O)c4ncccc4C(F)(F)F)CC3)cc2)c1. The number of hydrogen-bond donors (Lipinski definition) is 1. The second kappa shape index (κ2) is 11.5. The van der Waals surface area contributed by atoms with Gasteiger partial charge in [-0.05, 0) is 60.7 Å². The minimum atomic E-state index is -4.64. The molecule has 7 nitrogen and oxygen atoms in total. The first-order chi connectivity index (χ1) is 18.1. The Morgan fingerprint density at radius 3 is 2.42 bits per heavy atom. The predicted molar refractivity (Wildman–Crippen MR) is 138 cm³/mol. The second-order valence-electron chi connectivity index (χ2n) is 9.31. The lowest BCUT2D eigenvalue weighted by atomic mass is 9.89. The van der Waals surface area contributed by atoms with Crippen molar-refractivity contribution in [3.8, 4) is 5.75 Å². The van der Waals surface area contributed by atoms with E-state index in [1.165, 1.54) is 17.2 Å². The highest BCUT2D eigenvalue weighted by Gasteiger charge is 2.37. The molecule has 1 aliphatic rings. The molecule has 0 spiro atoms. The van der Waals surface area contributed by atoms with Crippen LogP contribution in [0.1, 0.15) is 40.4 Å². The third kappa shape index (κ3) is 6.62. The van der Waals surface area contributed by atoms with Gasteiger partial charge in [0.2, 0.25) is 0 Å². The van der Waals surface area contributed by atoms with E-state index in [1.807, 2.05) is 49.3 Å². The minimum absolute atomic E-state index is 0.128. The van der Waals surface area contributed by atoms with Crippen molar-refractivity contribution in [2.45, 2.75) is 24.9 Å². The first-order valence-electron chi connectivity index (χ1n) is 12.2.